The highest BCUT2D eigenvalue weighted by Gasteiger charge is 2.43. The topological polar surface area (TPSA) is 71.0 Å². The standard InChI is InChI=1S/C10H21NO4/c1-4-6-8(11-2)9(13)10(14-3)7(5-12)15-6/h6-13H,4-5H2,1-3H3. The summed E-state index contributed by atoms with van der Waals surface area (Å²) in [6, 6.07) is -0.150. The fourth-order valence-corrected chi connectivity index (χ4v) is 2.18. The maximum atomic E-state index is 10.1. The Bertz CT molecular complexity index is 172. The maximum absolute atomic E-state index is 10.1. The van der Waals surface area contributed by atoms with Crippen LogP contribution in [0.25, 0.3) is 0 Å². The van der Waals surface area contributed by atoms with Crippen molar-refractivity contribution >= 4 is 0 Å². The highest BCUT2D eigenvalue weighted by Crippen LogP contribution is 2.24. The molecule has 1 heterocycles. The van der Waals surface area contributed by atoms with E-state index in [0.717, 1.165) is 6.42 Å². The first-order chi connectivity index (χ1) is 7.19. The van der Waals surface area contributed by atoms with Crippen LogP contribution >= 0.6 is 0 Å². The number of ether oxygens (including phenoxy) is 2. The second-order valence-corrected chi connectivity index (χ2v) is 3.81. The van der Waals surface area contributed by atoms with E-state index >= 15 is 0 Å². The zero-order chi connectivity index (χ0) is 11.4. The quantitative estimate of drug-likeness (QED) is 0.573. The minimum absolute atomic E-state index is 0.0893. The lowest BCUT2D eigenvalue weighted by molar-refractivity contribution is -0.202. The normalized spacial score (nSPS) is 41.8. The Morgan fingerprint density at radius 2 is 2.07 bits per heavy atom. The number of aliphatic hydroxyl groups is 2. The first kappa shape index (κ1) is 12.9. The van der Waals surface area contributed by atoms with Crippen LogP contribution in [0.3, 0.4) is 0 Å². The molecule has 5 atom stereocenters. The molecule has 0 spiro atoms. The molecule has 1 aliphatic rings. The van der Waals surface area contributed by atoms with Crippen molar-refractivity contribution in [2.75, 3.05) is 20.8 Å². The first-order valence-electron chi connectivity index (χ1n) is 5.34. The third-order valence-electron chi connectivity index (χ3n) is 3.01. The molecule has 1 fully saturated rings. The summed E-state index contributed by atoms with van der Waals surface area (Å²) in [5, 5.41) is 22.2. The molecule has 0 radical (unpaired) electrons. The molecule has 1 rings (SSSR count). The number of rotatable bonds is 4. The summed E-state index contributed by atoms with van der Waals surface area (Å²) in [6.07, 6.45) is -0.880. The second kappa shape index (κ2) is 5.77. The summed E-state index contributed by atoms with van der Waals surface area (Å²) in [5.74, 6) is 0. The van der Waals surface area contributed by atoms with E-state index in [0.29, 0.717) is 0 Å². The van der Waals surface area contributed by atoms with Crippen molar-refractivity contribution in [1.82, 2.24) is 5.32 Å². The van der Waals surface area contributed by atoms with Crippen molar-refractivity contribution in [2.24, 2.45) is 0 Å². The lowest BCUT2D eigenvalue weighted by Gasteiger charge is -2.43. The van der Waals surface area contributed by atoms with Crippen LogP contribution in [0.5, 0.6) is 0 Å². The molecule has 90 valence electrons. The molecule has 1 saturated heterocycles. The van der Waals surface area contributed by atoms with Gasteiger partial charge in [-0.2, -0.15) is 0 Å². The maximum Gasteiger partial charge on any atom is 0.113 e. The molecule has 5 unspecified atom stereocenters. The van der Waals surface area contributed by atoms with E-state index in [1.165, 1.54) is 7.11 Å². The summed E-state index contributed by atoms with van der Waals surface area (Å²) < 4.78 is 10.8. The van der Waals surface area contributed by atoms with Gasteiger partial charge in [-0.15, -0.1) is 0 Å². The molecule has 5 heteroatoms. The molecule has 15 heavy (non-hydrogen) atoms. The predicted molar refractivity (Wildman–Crippen MR) is 55.7 cm³/mol. The average Bonchev–Trinajstić information content (AvgIpc) is 2.27. The Hall–Kier alpha value is -0.200. The molecule has 0 bridgehead atoms. The van der Waals surface area contributed by atoms with Gasteiger partial charge in [0.25, 0.3) is 0 Å². The largest absolute Gasteiger partial charge is 0.394 e. The van der Waals surface area contributed by atoms with E-state index in [1.807, 2.05) is 6.92 Å². The third-order valence-corrected chi connectivity index (χ3v) is 3.01. The zero-order valence-electron chi connectivity index (χ0n) is 9.51. The number of methoxy groups -OCH3 is 1. The number of nitrogens with one attached hydrogen (secondary N) is 1. The summed E-state index contributed by atoms with van der Waals surface area (Å²) in [7, 11) is 3.30. The Balaban J connectivity index is 2.76. The molecule has 0 aliphatic carbocycles. The molecule has 1 aliphatic heterocycles. The van der Waals surface area contributed by atoms with Crippen molar-refractivity contribution < 1.29 is 19.7 Å². The van der Waals surface area contributed by atoms with Gasteiger partial charge in [0.15, 0.2) is 0 Å². The van der Waals surface area contributed by atoms with Crippen LogP contribution in [0.2, 0.25) is 0 Å². The van der Waals surface area contributed by atoms with Crippen molar-refractivity contribution in [3.05, 3.63) is 0 Å². The Kier molecular flexibility index (Phi) is 4.95. The van der Waals surface area contributed by atoms with Crippen LogP contribution in [-0.2, 0) is 9.47 Å². The number of aliphatic hydroxyl groups excluding tert-OH is 2. The van der Waals surface area contributed by atoms with E-state index in [-0.39, 0.29) is 18.8 Å². The highest BCUT2D eigenvalue weighted by atomic mass is 16.6. The second-order valence-electron chi connectivity index (χ2n) is 3.81. The van der Waals surface area contributed by atoms with Crippen molar-refractivity contribution in [1.29, 1.82) is 0 Å². The van der Waals surface area contributed by atoms with Gasteiger partial charge in [0.2, 0.25) is 0 Å². The van der Waals surface area contributed by atoms with Crippen LogP contribution in [-0.4, -0.2) is 61.4 Å². The molecule has 0 amide bonds. The van der Waals surface area contributed by atoms with Gasteiger partial charge in [-0.25, -0.2) is 0 Å². The van der Waals surface area contributed by atoms with Gasteiger partial charge in [0.05, 0.1) is 18.8 Å². The monoisotopic (exact) mass is 219 g/mol. The lowest BCUT2D eigenvalue weighted by atomic mass is 9.91. The smallest absolute Gasteiger partial charge is 0.113 e. The van der Waals surface area contributed by atoms with Crippen molar-refractivity contribution in [3.63, 3.8) is 0 Å². The Morgan fingerprint density at radius 3 is 2.47 bits per heavy atom. The molecule has 0 aromatic carbocycles. The number of hydrogen-bond donors (Lipinski definition) is 3. The van der Waals surface area contributed by atoms with Gasteiger partial charge in [0.1, 0.15) is 18.3 Å². The fourth-order valence-electron chi connectivity index (χ4n) is 2.18. The molecule has 3 N–H and O–H groups in total. The van der Waals surface area contributed by atoms with E-state index < -0.39 is 18.3 Å². The summed E-state index contributed by atoms with van der Waals surface area (Å²) in [5.41, 5.74) is 0. The lowest BCUT2D eigenvalue weighted by Crippen LogP contribution is -2.62. The minimum Gasteiger partial charge on any atom is -0.394 e. The molecule has 0 aromatic heterocycles. The van der Waals surface area contributed by atoms with Gasteiger partial charge >= 0.3 is 0 Å². The van der Waals surface area contributed by atoms with Crippen LogP contribution in [0, 0.1) is 0 Å². The number of likely N-dealkylation sites (N-methyl/N-ethyl adjacent to an activating group) is 1. The first-order valence-corrected chi connectivity index (χ1v) is 5.34. The van der Waals surface area contributed by atoms with Gasteiger partial charge in [-0.05, 0) is 13.5 Å². The van der Waals surface area contributed by atoms with E-state index in [1.54, 1.807) is 7.05 Å². The number of hydrogen-bond acceptors (Lipinski definition) is 5. The predicted octanol–water partition coefficient (Wildman–Crippen LogP) is -0.880. The van der Waals surface area contributed by atoms with Gasteiger partial charge < -0.3 is 25.0 Å². The molecule has 5 nitrogen and oxygen atoms in total. The zero-order valence-corrected chi connectivity index (χ0v) is 9.51. The van der Waals surface area contributed by atoms with Crippen LogP contribution in [0.1, 0.15) is 13.3 Å². The SMILES string of the molecule is CCC1OC(CO)C(OC)C(O)C1NC. The van der Waals surface area contributed by atoms with Crippen molar-refractivity contribution in [2.45, 2.75) is 43.8 Å². The fraction of sp³-hybridized carbons (Fsp3) is 1.00. The van der Waals surface area contributed by atoms with E-state index in [9.17, 15) is 5.11 Å². The summed E-state index contributed by atoms with van der Waals surface area (Å²) >= 11 is 0. The van der Waals surface area contributed by atoms with E-state index in [2.05, 4.69) is 5.32 Å². The van der Waals surface area contributed by atoms with Crippen LogP contribution < -0.4 is 5.32 Å². The third kappa shape index (κ3) is 2.49. The highest BCUT2D eigenvalue weighted by molar-refractivity contribution is 4.95. The Morgan fingerprint density at radius 1 is 1.40 bits per heavy atom. The van der Waals surface area contributed by atoms with Gasteiger partial charge in [0, 0.05) is 7.11 Å². The summed E-state index contributed by atoms with van der Waals surface area (Å²) in [4.78, 5) is 0. The van der Waals surface area contributed by atoms with Crippen molar-refractivity contribution in [3.8, 4) is 0 Å². The van der Waals surface area contributed by atoms with Crippen LogP contribution in [0.15, 0.2) is 0 Å². The van der Waals surface area contributed by atoms with Crippen LogP contribution in [0.4, 0.5) is 0 Å². The summed E-state index contributed by atoms with van der Waals surface area (Å²) in [6.45, 7) is 1.85. The van der Waals surface area contributed by atoms with Gasteiger partial charge in [-0.3, -0.25) is 0 Å². The van der Waals surface area contributed by atoms with Gasteiger partial charge in [-0.1, -0.05) is 6.92 Å². The minimum atomic E-state index is -0.657. The molecule has 0 saturated carbocycles. The average molecular weight is 219 g/mol. The Labute approximate surface area is 90.4 Å². The van der Waals surface area contributed by atoms with E-state index in [4.69, 9.17) is 14.6 Å². The molecule has 0 aromatic rings. The molecular formula is C10H21NO4. The molecular weight excluding hydrogens is 198 g/mol.